The maximum atomic E-state index is 11.3. The lowest BCUT2D eigenvalue weighted by Gasteiger charge is -2.04. The molecule has 0 atom stereocenters. The summed E-state index contributed by atoms with van der Waals surface area (Å²) in [5, 5.41) is 4.82. The smallest absolute Gasteiger partial charge is 0.336 e. The van der Waals surface area contributed by atoms with Gasteiger partial charge in [0.2, 0.25) is 0 Å². The van der Waals surface area contributed by atoms with Crippen LogP contribution in [0.3, 0.4) is 0 Å². The van der Waals surface area contributed by atoms with Gasteiger partial charge in [0.15, 0.2) is 5.76 Å². The minimum Gasteiger partial charge on any atom is -0.485 e. The third-order valence-electron chi connectivity index (χ3n) is 3.46. The minimum absolute atomic E-state index is 0.211. The molecule has 0 unspecified atom stereocenters. The summed E-state index contributed by atoms with van der Waals surface area (Å²) >= 11 is 0. The van der Waals surface area contributed by atoms with Crippen LogP contribution in [0.15, 0.2) is 74.5 Å². The average Bonchev–Trinajstić information content (AvgIpc) is 3.09. The first-order chi connectivity index (χ1) is 11.8. The molecule has 4 aromatic rings. The first kappa shape index (κ1) is 14.2. The molecule has 0 saturated carbocycles. The third-order valence-corrected chi connectivity index (χ3v) is 3.46. The number of fused-ring (bicyclic) bond motifs is 1. The molecule has 1 aromatic carbocycles. The van der Waals surface area contributed by atoms with Crippen molar-refractivity contribution >= 4 is 11.0 Å². The lowest BCUT2D eigenvalue weighted by Crippen LogP contribution is -1.96. The van der Waals surface area contributed by atoms with Gasteiger partial charge in [-0.1, -0.05) is 11.2 Å². The number of nitrogens with zero attached hydrogens (tertiary/aromatic N) is 2. The second-order valence-corrected chi connectivity index (χ2v) is 5.14. The molecule has 3 heterocycles. The largest absolute Gasteiger partial charge is 0.485 e. The van der Waals surface area contributed by atoms with Crippen molar-refractivity contribution in [3.63, 3.8) is 0 Å². The number of benzene rings is 1. The van der Waals surface area contributed by atoms with E-state index >= 15 is 0 Å². The molecule has 0 spiro atoms. The van der Waals surface area contributed by atoms with Crippen molar-refractivity contribution in [2.75, 3.05) is 0 Å². The topological polar surface area (TPSA) is 78.4 Å². The van der Waals surface area contributed by atoms with E-state index in [1.165, 1.54) is 6.07 Å². The molecule has 118 valence electrons. The van der Waals surface area contributed by atoms with Gasteiger partial charge in [0.25, 0.3) is 0 Å². The molecule has 3 aromatic heterocycles. The molecular formula is C18H12N2O4. The van der Waals surface area contributed by atoms with Gasteiger partial charge in [-0.15, -0.1) is 0 Å². The van der Waals surface area contributed by atoms with E-state index in [-0.39, 0.29) is 6.61 Å². The SMILES string of the molecule is O=c1ccc2ccc(OCc3cc(-c4ccccn4)no3)cc2o1. The Morgan fingerprint density at radius 2 is 1.92 bits per heavy atom. The lowest BCUT2D eigenvalue weighted by atomic mass is 10.2. The van der Waals surface area contributed by atoms with E-state index in [0.29, 0.717) is 22.8 Å². The lowest BCUT2D eigenvalue weighted by molar-refractivity contribution is 0.249. The molecule has 24 heavy (non-hydrogen) atoms. The molecule has 0 saturated heterocycles. The van der Waals surface area contributed by atoms with Gasteiger partial charge < -0.3 is 13.7 Å². The summed E-state index contributed by atoms with van der Waals surface area (Å²) in [6, 6.07) is 15.8. The van der Waals surface area contributed by atoms with Crippen molar-refractivity contribution in [1.29, 1.82) is 0 Å². The van der Waals surface area contributed by atoms with Gasteiger partial charge in [0.05, 0.1) is 5.69 Å². The first-order valence-corrected chi connectivity index (χ1v) is 7.32. The summed E-state index contributed by atoms with van der Waals surface area (Å²) in [6.45, 7) is 0.211. The van der Waals surface area contributed by atoms with Crippen molar-refractivity contribution in [3.8, 4) is 17.1 Å². The Morgan fingerprint density at radius 1 is 1.00 bits per heavy atom. The molecule has 0 N–H and O–H groups in total. The second kappa shape index (κ2) is 6.00. The highest BCUT2D eigenvalue weighted by Crippen LogP contribution is 2.21. The zero-order valence-corrected chi connectivity index (χ0v) is 12.5. The summed E-state index contributed by atoms with van der Waals surface area (Å²) in [5.41, 5.74) is 1.47. The standard InChI is InChI=1S/C18H12N2O4/c21-18-7-5-12-4-6-13(10-17(12)23-18)22-11-14-9-16(20-24-14)15-3-1-2-8-19-15/h1-10H,11H2. The van der Waals surface area contributed by atoms with Crippen LogP contribution in [0.1, 0.15) is 5.76 Å². The Labute approximate surface area is 136 Å². The molecule has 4 rings (SSSR count). The highest BCUT2D eigenvalue weighted by atomic mass is 16.5. The fourth-order valence-corrected chi connectivity index (χ4v) is 2.30. The van der Waals surface area contributed by atoms with Crippen molar-refractivity contribution in [3.05, 3.63) is 77.0 Å². The van der Waals surface area contributed by atoms with Gasteiger partial charge in [0, 0.05) is 29.8 Å². The van der Waals surface area contributed by atoms with Crippen LogP contribution in [-0.2, 0) is 6.61 Å². The Balaban J connectivity index is 1.51. The van der Waals surface area contributed by atoms with Gasteiger partial charge in [-0.25, -0.2) is 4.79 Å². The molecule has 0 amide bonds. The predicted molar refractivity (Wildman–Crippen MR) is 86.6 cm³/mol. The Kier molecular flexibility index (Phi) is 3.55. The quantitative estimate of drug-likeness (QED) is 0.536. The minimum atomic E-state index is -0.394. The summed E-state index contributed by atoms with van der Waals surface area (Å²) in [6.07, 6.45) is 1.70. The molecule has 0 aliphatic carbocycles. The van der Waals surface area contributed by atoms with Crippen LogP contribution >= 0.6 is 0 Å². The number of hydrogen-bond donors (Lipinski definition) is 0. The van der Waals surface area contributed by atoms with Crippen LogP contribution in [-0.4, -0.2) is 10.1 Å². The number of aromatic nitrogens is 2. The van der Waals surface area contributed by atoms with Crippen molar-refractivity contribution in [2.24, 2.45) is 0 Å². The fraction of sp³-hybridized carbons (Fsp3) is 0.0556. The van der Waals surface area contributed by atoms with Crippen molar-refractivity contribution < 1.29 is 13.7 Å². The summed E-state index contributed by atoms with van der Waals surface area (Å²) in [7, 11) is 0. The van der Waals surface area contributed by atoms with E-state index in [1.54, 1.807) is 30.5 Å². The third kappa shape index (κ3) is 2.89. The van der Waals surface area contributed by atoms with Crippen LogP contribution in [0.2, 0.25) is 0 Å². The molecule has 0 fully saturated rings. The number of ether oxygens (including phenoxy) is 1. The zero-order valence-electron chi connectivity index (χ0n) is 12.5. The normalized spacial score (nSPS) is 10.8. The highest BCUT2D eigenvalue weighted by molar-refractivity contribution is 5.77. The van der Waals surface area contributed by atoms with E-state index in [0.717, 1.165) is 11.1 Å². The van der Waals surface area contributed by atoms with E-state index in [9.17, 15) is 4.79 Å². The van der Waals surface area contributed by atoms with Crippen LogP contribution in [0.4, 0.5) is 0 Å². The zero-order chi connectivity index (χ0) is 16.4. The van der Waals surface area contributed by atoms with E-state index in [2.05, 4.69) is 10.1 Å². The van der Waals surface area contributed by atoms with Gasteiger partial charge in [-0.2, -0.15) is 0 Å². The monoisotopic (exact) mass is 320 g/mol. The van der Waals surface area contributed by atoms with Gasteiger partial charge in [-0.05, 0) is 30.3 Å². The molecule has 0 radical (unpaired) electrons. The van der Waals surface area contributed by atoms with E-state index in [1.807, 2.05) is 24.3 Å². The number of rotatable bonds is 4. The van der Waals surface area contributed by atoms with Gasteiger partial charge >= 0.3 is 5.63 Å². The number of pyridine rings is 1. The van der Waals surface area contributed by atoms with Crippen molar-refractivity contribution in [1.82, 2.24) is 10.1 Å². The molecule has 0 aliphatic rings. The van der Waals surface area contributed by atoms with Gasteiger partial charge in [0.1, 0.15) is 23.6 Å². The fourth-order valence-electron chi connectivity index (χ4n) is 2.30. The van der Waals surface area contributed by atoms with Crippen LogP contribution in [0, 0.1) is 0 Å². The second-order valence-electron chi connectivity index (χ2n) is 5.14. The summed E-state index contributed by atoms with van der Waals surface area (Å²) in [4.78, 5) is 15.5. The maximum absolute atomic E-state index is 11.3. The Bertz CT molecular complexity index is 1040. The molecule has 6 nitrogen and oxygen atoms in total. The first-order valence-electron chi connectivity index (χ1n) is 7.32. The Morgan fingerprint density at radius 3 is 2.79 bits per heavy atom. The van der Waals surface area contributed by atoms with Gasteiger partial charge in [-0.3, -0.25) is 4.98 Å². The molecule has 0 aliphatic heterocycles. The molecular weight excluding hydrogens is 308 g/mol. The average molecular weight is 320 g/mol. The predicted octanol–water partition coefficient (Wildman–Crippen LogP) is 3.42. The Hall–Kier alpha value is -3.41. The van der Waals surface area contributed by atoms with E-state index in [4.69, 9.17) is 13.7 Å². The summed E-state index contributed by atoms with van der Waals surface area (Å²) < 4.78 is 16.1. The van der Waals surface area contributed by atoms with Crippen molar-refractivity contribution in [2.45, 2.75) is 6.61 Å². The maximum Gasteiger partial charge on any atom is 0.336 e. The van der Waals surface area contributed by atoms with Crippen LogP contribution < -0.4 is 10.4 Å². The molecule has 0 bridgehead atoms. The molecule has 6 heteroatoms. The summed E-state index contributed by atoms with van der Waals surface area (Å²) in [5.74, 6) is 1.15. The highest BCUT2D eigenvalue weighted by Gasteiger charge is 2.08. The van der Waals surface area contributed by atoms with Crippen LogP contribution in [0.5, 0.6) is 5.75 Å². The number of hydrogen-bond acceptors (Lipinski definition) is 6. The van der Waals surface area contributed by atoms with E-state index < -0.39 is 5.63 Å². The van der Waals surface area contributed by atoms with Crippen LogP contribution in [0.25, 0.3) is 22.4 Å².